The zero-order valence-corrected chi connectivity index (χ0v) is 11.3. The first-order valence-corrected chi connectivity index (χ1v) is 6.65. The first-order chi connectivity index (χ1) is 9.65. The standard InChI is InChI=1S/C14H17N5O/c1-19-13(11(8-18-19)10-3-4-10)14(20)17-7-9-2-5-12(15)16-6-9/h2,5-6,8,10H,3-4,7H2,1H3,(H2,15,16)(H,17,20). The van der Waals surface area contributed by atoms with E-state index in [4.69, 9.17) is 5.73 Å². The van der Waals surface area contributed by atoms with Crippen LogP contribution in [0.4, 0.5) is 5.82 Å². The second kappa shape index (κ2) is 4.96. The van der Waals surface area contributed by atoms with Crippen molar-refractivity contribution >= 4 is 11.7 Å². The number of aromatic nitrogens is 3. The van der Waals surface area contributed by atoms with Crippen molar-refractivity contribution in [2.24, 2.45) is 7.05 Å². The fourth-order valence-corrected chi connectivity index (χ4v) is 2.23. The molecule has 0 spiro atoms. The Morgan fingerprint density at radius 1 is 1.45 bits per heavy atom. The molecule has 1 saturated carbocycles. The van der Waals surface area contributed by atoms with Gasteiger partial charge in [-0.05, 0) is 30.4 Å². The van der Waals surface area contributed by atoms with E-state index in [0.717, 1.165) is 24.0 Å². The fourth-order valence-electron chi connectivity index (χ4n) is 2.23. The van der Waals surface area contributed by atoms with Crippen LogP contribution in [0.3, 0.4) is 0 Å². The maximum Gasteiger partial charge on any atom is 0.270 e. The molecule has 20 heavy (non-hydrogen) atoms. The SMILES string of the molecule is Cn1ncc(C2CC2)c1C(=O)NCc1ccc(N)nc1. The molecule has 104 valence electrons. The Bertz CT molecular complexity index is 628. The third-order valence-electron chi connectivity index (χ3n) is 3.50. The molecule has 0 radical (unpaired) electrons. The lowest BCUT2D eigenvalue weighted by Gasteiger charge is -2.07. The van der Waals surface area contributed by atoms with Gasteiger partial charge in [0.25, 0.3) is 5.91 Å². The van der Waals surface area contributed by atoms with E-state index in [-0.39, 0.29) is 5.91 Å². The molecule has 0 unspecified atom stereocenters. The Hall–Kier alpha value is -2.37. The summed E-state index contributed by atoms with van der Waals surface area (Å²) in [7, 11) is 1.80. The van der Waals surface area contributed by atoms with Crippen LogP contribution in [0, 0.1) is 0 Å². The summed E-state index contributed by atoms with van der Waals surface area (Å²) < 4.78 is 1.64. The van der Waals surface area contributed by atoms with E-state index in [1.807, 2.05) is 6.07 Å². The van der Waals surface area contributed by atoms with Gasteiger partial charge in [0.15, 0.2) is 0 Å². The molecule has 2 aromatic rings. The van der Waals surface area contributed by atoms with Crippen molar-refractivity contribution < 1.29 is 4.79 Å². The first-order valence-electron chi connectivity index (χ1n) is 6.65. The van der Waals surface area contributed by atoms with Crippen LogP contribution in [0.2, 0.25) is 0 Å². The Morgan fingerprint density at radius 2 is 2.25 bits per heavy atom. The van der Waals surface area contributed by atoms with Crippen LogP contribution >= 0.6 is 0 Å². The van der Waals surface area contributed by atoms with Gasteiger partial charge in [-0.1, -0.05) is 6.07 Å². The molecule has 0 aromatic carbocycles. The molecule has 0 atom stereocenters. The number of nitrogens with one attached hydrogen (secondary N) is 1. The molecule has 1 aliphatic carbocycles. The zero-order valence-electron chi connectivity index (χ0n) is 11.3. The Morgan fingerprint density at radius 3 is 2.90 bits per heavy atom. The topological polar surface area (TPSA) is 85.8 Å². The van der Waals surface area contributed by atoms with Gasteiger partial charge in [-0.15, -0.1) is 0 Å². The van der Waals surface area contributed by atoms with E-state index in [1.165, 1.54) is 0 Å². The molecule has 0 bridgehead atoms. The maximum atomic E-state index is 12.3. The highest BCUT2D eigenvalue weighted by molar-refractivity contribution is 5.94. The van der Waals surface area contributed by atoms with Crippen molar-refractivity contribution in [1.29, 1.82) is 0 Å². The van der Waals surface area contributed by atoms with E-state index < -0.39 is 0 Å². The van der Waals surface area contributed by atoms with Gasteiger partial charge in [0.1, 0.15) is 11.5 Å². The highest BCUT2D eigenvalue weighted by Crippen LogP contribution is 2.41. The quantitative estimate of drug-likeness (QED) is 0.875. The first kappa shape index (κ1) is 12.7. The minimum Gasteiger partial charge on any atom is -0.384 e. The number of carbonyl (C=O) groups is 1. The zero-order chi connectivity index (χ0) is 14.1. The number of aryl methyl sites for hydroxylation is 1. The Labute approximate surface area is 117 Å². The summed E-state index contributed by atoms with van der Waals surface area (Å²) in [6, 6.07) is 3.58. The van der Waals surface area contributed by atoms with Gasteiger partial charge in [0.2, 0.25) is 0 Å². The van der Waals surface area contributed by atoms with Crippen LogP contribution in [0.1, 0.15) is 40.4 Å². The lowest BCUT2D eigenvalue weighted by molar-refractivity contribution is 0.0940. The largest absolute Gasteiger partial charge is 0.384 e. The maximum absolute atomic E-state index is 12.3. The number of carbonyl (C=O) groups excluding carboxylic acids is 1. The second-order valence-electron chi connectivity index (χ2n) is 5.12. The minimum absolute atomic E-state index is 0.0938. The third-order valence-corrected chi connectivity index (χ3v) is 3.50. The normalized spacial score (nSPS) is 14.2. The average molecular weight is 271 g/mol. The number of nitrogen functional groups attached to an aromatic ring is 1. The third kappa shape index (κ3) is 2.49. The summed E-state index contributed by atoms with van der Waals surface area (Å²) in [5, 5.41) is 7.10. The summed E-state index contributed by atoms with van der Waals surface area (Å²) in [5.74, 6) is 0.883. The van der Waals surface area contributed by atoms with Crippen molar-refractivity contribution in [3.63, 3.8) is 0 Å². The molecule has 6 heteroatoms. The number of pyridine rings is 1. The predicted octanol–water partition coefficient (Wildman–Crippen LogP) is 1.20. The molecule has 0 saturated heterocycles. The summed E-state index contributed by atoms with van der Waals surface area (Å²) in [4.78, 5) is 16.3. The fraction of sp³-hybridized carbons (Fsp3) is 0.357. The van der Waals surface area contributed by atoms with Gasteiger partial charge in [-0.25, -0.2) is 4.98 Å². The molecule has 1 amide bonds. The monoisotopic (exact) mass is 271 g/mol. The number of nitrogens with two attached hydrogens (primary N) is 1. The summed E-state index contributed by atoms with van der Waals surface area (Å²) in [5.41, 5.74) is 8.17. The van der Waals surface area contributed by atoms with Crippen LogP contribution in [-0.4, -0.2) is 20.7 Å². The van der Waals surface area contributed by atoms with Gasteiger partial charge in [0, 0.05) is 25.4 Å². The number of rotatable bonds is 4. The van der Waals surface area contributed by atoms with Crippen molar-refractivity contribution in [1.82, 2.24) is 20.1 Å². The molecule has 1 aliphatic rings. The van der Waals surface area contributed by atoms with Gasteiger partial charge in [-0.3, -0.25) is 9.48 Å². The second-order valence-corrected chi connectivity index (χ2v) is 5.12. The number of anilines is 1. The van der Waals surface area contributed by atoms with Gasteiger partial charge in [-0.2, -0.15) is 5.10 Å². The summed E-state index contributed by atoms with van der Waals surface area (Å²) in [6.07, 6.45) is 5.76. The number of hydrogen-bond donors (Lipinski definition) is 2. The molecule has 2 aromatic heterocycles. The number of hydrogen-bond acceptors (Lipinski definition) is 4. The summed E-state index contributed by atoms with van der Waals surface area (Å²) >= 11 is 0. The lowest BCUT2D eigenvalue weighted by atomic mass is 10.1. The van der Waals surface area contributed by atoms with Crippen LogP contribution in [0.15, 0.2) is 24.5 Å². The molecule has 3 N–H and O–H groups in total. The van der Waals surface area contributed by atoms with Crippen LogP contribution < -0.4 is 11.1 Å². The van der Waals surface area contributed by atoms with E-state index in [2.05, 4.69) is 15.4 Å². The lowest BCUT2D eigenvalue weighted by Crippen LogP contribution is -2.26. The number of amides is 1. The summed E-state index contributed by atoms with van der Waals surface area (Å²) in [6.45, 7) is 0.432. The van der Waals surface area contributed by atoms with E-state index in [9.17, 15) is 4.79 Å². The van der Waals surface area contributed by atoms with E-state index in [1.54, 1.807) is 30.2 Å². The molecule has 0 aliphatic heterocycles. The highest BCUT2D eigenvalue weighted by Gasteiger charge is 2.30. The highest BCUT2D eigenvalue weighted by atomic mass is 16.2. The smallest absolute Gasteiger partial charge is 0.270 e. The molecule has 1 fully saturated rings. The Balaban J connectivity index is 1.70. The van der Waals surface area contributed by atoms with Gasteiger partial charge < -0.3 is 11.1 Å². The molecular formula is C14H17N5O. The Kier molecular flexibility index (Phi) is 3.14. The van der Waals surface area contributed by atoms with Crippen molar-refractivity contribution in [2.45, 2.75) is 25.3 Å². The molecule has 2 heterocycles. The average Bonchev–Trinajstić information content (AvgIpc) is 3.21. The van der Waals surface area contributed by atoms with Crippen molar-refractivity contribution in [3.05, 3.63) is 41.3 Å². The predicted molar refractivity (Wildman–Crippen MR) is 75.0 cm³/mol. The van der Waals surface area contributed by atoms with E-state index in [0.29, 0.717) is 24.0 Å². The van der Waals surface area contributed by atoms with Crippen LogP contribution in [0.25, 0.3) is 0 Å². The van der Waals surface area contributed by atoms with Gasteiger partial charge >= 0.3 is 0 Å². The van der Waals surface area contributed by atoms with Gasteiger partial charge in [0.05, 0.1) is 6.20 Å². The molecule has 3 rings (SSSR count). The molecular weight excluding hydrogens is 254 g/mol. The van der Waals surface area contributed by atoms with Crippen molar-refractivity contribution in [3.8, 4) is 0 Å². The van der Waals surface area contributed by atoms with Crippen LogP contribution in [0.5, 0.6) is 0 Å². The van der Waals surface area contributed by atoms with Crippen LogP contribution in [-0.2, 0) is 13.6 Å². The minimum atomic E-state index is -0.0938. The van der Waals surface area contributed by atoms with E-state index >= 15 is 0 Å². The van der Waals surface area contributed by atoms with Crippen molar-refractivity contribution in [2.75, 3.05) is 5.73 Å². The molecule has 6 nitrogen and oxygen atoms in total. The number of nitrogens with zero attached hydrogens (tertiary/aromatic N) is 3.